The molecule has 0 saturated heterocycles. The Morgan fingerprint density at radius 3 is 2.69 bits per heavy atom. The van der Waals surface area contributed by atoms with Crippen LogP contribution < -0.4 is 5.73 Å². The van der Waals surface area contributed by atoms with Gasteiger partial charge in [-0.1, -0.05) is 5.16 Å². The Kier molecular flexibility index (Phi) is 2.02. The van der Waals surface area contributed by atoms with Crippen molar-refractivity contribution >= 4 is 21.6 Å². The molecular formula is C8H6BrN3O. The summed E-state index contributed by atoms with van der Waals surface area (Å²) in [5, 5.41) is 3.57. The van der Waals surface area contributed by atoms with E-state index in [1.165, 1.54) is 6.20 Å². The van der Waals surface area contributed by atoms with Crippen LogP contribution >= 0.6 is 15.9 Å². The number of halogens is 1. The third-order valence-corrected chi connectivity index (χ3v) is 2.03. The Hall–Kier alpha value is -1.36. The molecule has 0 amide bonds. The first-order chi connectivity index (χ1) is 6.27. The van der Waals surface area contributed by atoms with Crippen LogP contribution in [0, 0.1) is 0 Å². The first-order valence-corrected chi connectivity index (χ1v) is 4.39. The zero-order valence-electron chi connectivity index (χ0n) is 6.57. The summed E-state index contributed by atoms with van der Waals surface area (Å²) in [7, 11) is 0. The molecule has 4 nitrogen and oxygen atoms in total. The summed E-state index contributed by atoms with van der Waals surface area (Å²) >= 11 is 3.29. The highest BCUT2D eigenvalue weighted by Gasteiger charge is 2.08. The molecule has 0 saturated carbocycles. The number of rotatable bonds is 1. The number of nitrogens with two attached hydrogens (primary N) is 1. The van der Waals surface area contributed by atoms with Gasteiger partial charge >= 0.3 is 0 Å². The van der Waals surface area contributed by atoms with E-state index in [2.05, 4.69) is 26.1 Å². The maximum atomic E-state index is 5.60. The topological polar surface area (TPSA) is 64.9 Å². The van der Waals surface area contributed by atoms with Crippen molar-refractivity contribution in [2.45, 2.75) is 0 Å². The maximum Gasteiger partial charge on any atom is 0.208 e. The second-order valence-corrected chi connectivity index (χ2v) is 3.39. The normalized spacial score (nSPS) is 10.2. The van der Waals surface area contributed by atoms with Crippen molar-refractivity contribution in [2.24, 2.45) is 0 Å². The number of anilines is 1. The summed E-state index contributed by atoms with van der Waals surface area (Å²) in [5.74, 6) is 0.507. The predicted octanol–water partition coefficient (Wildman–Crippen LogP) is 2.08. The number of hydrogen-bond donors (Lipinski definition) is 1. The number of aromatic nitrogens is 2. The quantitative estimate of drug-likeness (QED) is 0.828. The first kappa shape index (κ1) is 8.25. The lowest BCUT2D eigenvalue weighted by Crippen LogP contribution is -1.86. The van der Waals surface area contributed by atoms with Crippen molar-refractivity contribution in [3.05, 3.63) is 29.0 Å². The molecule has 0 aliphatic carbocycles. The van der Waals surface area contributed by atoms with Gasteiger partial charge in [0, 0.05) is 10.7 Å². The van der Waals surface area contributed by atoms with Crippen molar-refractivity contribution in [3.63, 3.8) is 0 Å². The Labute approximate surface area is 82.9 Å². The molecule has 0 fully saturated rings. The van der Waals surface area contributed by atoms with E-state index in [-0.39, 0.29) is 0 Å². The third kappa shape index (κ3) is 1.55. The van der Waals surface area contributed by atoms with Gasteiger partial charge < -0.3 is 10.3 Å². The Bertz CT molecular complexity index is 410. The van der Waals surface area contributed by atoms with E-state index in [9.17, 15) is 0 Å². The van der Waals surface area contributed by atoms with Crippen molar-refractivity contribution in [3.8, 4) is 11.5 Å². The van der Waals surface area contributed by atoms with Crippen LogP contribution in [0.4, 0.5) is 5.69 Å². The van der Waals surface area contributed by atoms with Crippen LogP contribution in [-0.2, 0) is 0 Å². The molecule has 2 heterocycles. The van der Waals surface area contributed by atoms with E-state index >= 15 is 0 Å². The molecule has 5 heteroatoms. The standard InChI is InChI=1S/C8H6BrN3O/c9-5-1-2-7(11-3-5)8-6(10)4-12-13-8/h1-4H,10H2. The molecule has 0 spiro atoms. The van der Waals surface area contributed by atoms with Crippen LogP contribution in [0.2, 0.25) is 0 Å². The van der Waals surface area contributed by atoms with Gasteiger partial charge in [-0.3, -0.25) is 4.98 Å². The largest absolute Gasteiger partial charge is 0.394 e. The fraction of sp³-hybridized carbons (Fsp3) is 0. The van der Waals surface area contributed by atoms with E-state index in [4.69, 9.17) is 10.3 Å². The van der Waals surface area contributed by atoms with Gasteiger partial charge in [0.15, 0.2) is 0 Å². The number of hydrogen-bond acceptors (Lipinski definition) is 4. The van der Waals surface area contributed by atoms with Crippen LogP contribution in [0.1, 0.15) is 0 Å². The average Bonchev–Trinajstić information content (AvgIpc) is 2.53. The lowest BCUT2D eigenvalue weighted by molar-refractivity contribution is 0.431. The highest BCUT2D eigenvalue weighted by molar-refractivity contribution is 9.10. The summed E-state index contributed by atoms with van der Waals surface area (Å²) in [6.07, 6.45) is 3.14. The molecule has 0 radical (unpaired) electrons. The molecule has 2 aromatic rings. The van der Waals surface area contributed by atoms with E-state index < -0.39 is 0 Å². The van der Waals surface area contributed by atoms with Gasteiger partial charge in [-0.15, -0.1) is 0 Å². The predicted molar refractivity (Wildman–Crippen MR) is 51.8 cm³/mol. The van der Waals surface area contributed by atoms with Crippen molar-refractivity contribution < 1.29 is 4.52 Å². The first-order valence-electron chi connectivity index (χ1n) is 3.59. The maximum absolute atomic E-state index is 5.60. The summed E-state index contributed by atoms with van der Waals surface area (Å²) in [4.78, 5) is 4.12. The second kappa shape index (κ2) is 3.18. The van der Waals surface area contributed by atoms with Gasteiger partial charge in [-0.05, 0) is 28.1 Å². The zero-order valence-corrected chi connectivity index (χ0v) is 8.15. The molecule has 0 unspecified atom stereocenters. The van der Waals surface area contributed by atoms with Crippen molar-refractivity contribution in [1.82, 2.24) is 10.1 Å². The van der Waals surface area contributed by atoms with Crippen molar-refractivity contribution in [2.75, 3.05) is 5.73 Å². The molecule has 2 rings (SSSR count). The molecule has 13 heavy (non-hydrogen) atoms. The zero-order chi connectivity index (χ0) is 9.26. The van der Waals surface area contributed by atoms with Crippen LogP contribution in [0.25, 0.3) is 11.5 Å². The molecule has 2 aromatic heterocycles. The Morgan fingerprint density at radius 1 is 1.31 bits per heavy atom. The van der Waals surface area contributed by atoms with E-state index in [0.717, 1.165) is 4.47 Å². The Morgan fingerprint density at radius 2 is 2.15 bits per heavy atom. The van der Waals surface area contributed by atoms with Gasteiger partial charge in [-0.25, -0.2) is 0 Å². The average molecular weight is 240 g/mol. The molecule has 0 bridgehead atoms. The van der Waals surface area contributed by atoms with Crippen LogP contribution in [-0.4, -0.2) is 10.1 Å². The van der Waals surface area contributed by atoms with Crippen LogP contribution in [0.15, 0.2) is 33.5 Å². The molecule has 0 aromatic carbocycles. The number of nitrogens with zero attached hydrogens (tertiary/aromatic N) is 2. The van der Waals surface area contributed by atoms with E-state index in [1.807, 2.05) is 6.07 Å². The highest BCUT2D eigenvalue weighted by Crippen LogP contribution is 2.23. The lowest BCUT2D eigenvalue weighted by atomic mass is 10.3. The molecule has 0 atom stereocenters. The van der Waals surface area contributed by atoms with Gasteiger partial charge in [0.25, 0.3) is 0 Å². The fourth-order valence-corrected chi connectivity index (χ4v) is 1.19. The molecule has 0 aliphatic rings. The Balaban J connectivity index is 2.47. The van der Waals surface area contributed by atoms with Crippen LogP contribution in [0.3, 0.4) is 0 Å². The molecule has 66 valence electrons. The summed E-state index contributed by atoms with van der Waals surface area (Å²) < 4.78 is 5.85. The van der Waals surface area contributed by atoms with Gasteiger partial charge in [0.1, 0.15) is 11.4 Å². The van der Waals surface area contributed by atoms with Gasteiger partial charge in [0.2, 0.25) is 5.76 Å². The molecule has 2 N–H and O–H groups in total. The smallest absolute Gasteiger partial charge is 0.208 e. The number of nitrogen functional groups attached to an aromatic ring is 1. The summed E-state index contributed by atoms with van der Waals surface area (Å²) in [6, 6.07) is 3.67. The number of pyridine rings is 1. The van der Waals surface area contributed by atoms with E-state index in [1.54, 1.807) is 12.3 Å². The minimum absolute atomic E-state index is 0.495. The molecule has 0 aliphatic heterocycles. The third-order valence-electron chi connectivity index (χ3n) is 1.56. The van der Waals surface area contributed by atoms with Crippen LogP contribution in [0.5, 0.6) is 0 Å². The van der Waals surface area contributed by atoms with Gasteiger partial charge in [0.05, 0.1) is 6.20 Å². The fourth-order valence-electron chi connectivity index (χ4n) is 0.952. The second-order valence-electron chi connectivity index (χ2n) is 2.47. The minimum atomic E-state index is 0.495. The lowest BCUT2D eigenvalue weighted by Gasteiger charge is -1.95. The molecular weight excluding hydrogens is 234 g/mol. The minimum Gasteiger partial charge on any atom is -0.394 e. The van der Waals surface area contributed by atoms with Crippen molar-refractivity contribution in [1.29, 1.82) is 0 Å². The van der Waals surface area contributed by atoms with Gasteiger partial charge in [-0.2, -0.15) is 0 Å². The monoisotopic (exact) mass is 239 g/mol. The highest BCUT2D eigenvalue weighted by atomic mass is 79.9. The van der Waals surface area contributed by atoms with E-state index in [0.29, 0.717) is 17.1 Å². The SMILES string of the molecule is Nc1cnoc1-c1ccc(Br)cn1. The summed E-state index contributed by atoms with van der Waals surface area (Å²) in [5.41, 5.74) is 6.78. The summed E-state index contributed by atoms with van der Waals surface area (Å²) in [6.45, 7) is 0.